The minimum absolute atomic E-state index is 0.0289. The van der Waals surface area contributed by atoms with E-state index >= 15 is 0 Å². The largest absolute Gasteiger partial charge is 0.369 e. The molecule has 3 nitrogen and oxygen atoms in total. The van der Waals surface area contributed by atoms with Crippen LogP contribution in [-0.2, 0) is 11.2 Å². The van der Waals surface area contributed by atoms with Crippen molar-refractivity contribution in [3.8, 4) is 0 Å². The van der Waals surface area contributed by atoms with E-state index in [0.717, 1.165) is 48.8 Å². The molecule has 0 fully saturated rings. The minimum Gasteiger partial charge on any atom is -0.369 e. The zero-order chi connectivity index (χ0) is 14.1. The topological polar surface area (TPSA) is 40.5 Å². The van der Waals surface area contributed by atoms with Gasteiger partial charge < -0.3 is 10.0 Å². The minimum atomic E-state index is -0.704. The van der Waals surface area contributed by atoms with Crippen LogP contribution < -0.4 is 0 Å². The third-order valence-corrected chi connectivity index (χ3v) is 4.44. The lowest BCUT2D eigenvalue weighted by molar-refractivity contribution is -0.131. The first kappa shape index (κ1) is 13.7. The van der Waals surface area contributed by atoms with Crippen LogP contribution in [0.2, 0.25) is 5.02 Å². The van der Waals surface area contributed by atoms with E-state index in [1.807, 2.05) is 24.3 Å². The molecule has 4 heteroatoms. The summed E-state index contributed by atoms with van der Waals surface area (Å²) in [6, 6.07) is 7.62. The quantitative estimate of drug-likeness (QED) is 0.930. The third kappa shape index (κ3) is 2.48. The van der Waals surface area contributed by atoms with E-state index in [1.165, 1.54) is 0 Å². The van der Waals surface area contributed by atoms with Crippen LogP contribution in [0.5, 0.6) is 0 Å². The van der Waals surface area contributed by atoms with Crippen LogP contribution in [0.25, 0.3) is 0 Å². The van der Waals surface area contributed by atoms with Gasteiger partial charge in [-0.2, -0.15) is 0 Å². The van der Waals surface area contributed by atoms with Gasteiger partial charge in [0.25, 0.3) is 5.91 Å². The van der Waals surface area contributed by atoms with Crippen LogP contribution in [0, 0.1) is 0 Å². The highest BCUT2D eigenvalue weighted by molar-refractivity contribution is 6.30. The second-order valence-corrected chi connectivity index (χ2v) is 5.90. The molecule has 1 atom stereocenters. The summed E-state index contributed by atoms with van der Waals surface area (Å²) in [6.45, 7) is 0.550. The molecule has 0 aromatic heterocycles. The number of amides is 1. The summed E-state index contributed by atoms with van der Waals surface area (Å²) in [4.78, 5) is 13.9. The molecule has 0 saturated heterocycles. The summed E-state index contributed by atoms with van der Waals surface area (Å²) < 4.78 is 0. The van der Waals surface area contributed by atoms with Crippen LogP contribution in [-0.4, -0.2) is 28.7 Å². The lowest BCUT2D eigenvalue weighted by atomic mass is 9.93. The Hall–Kier alpha value is -1.32. The Morgan fingerprint density at radius 1 is 1.20 bits per heavy atom. The van der Waals surface area contributed by atoms with E-state index in [4.69, 9.17) is 11.6 Å². The Morgan fingerprint density at radius 2 is 1.90 bits per heavy atom. The first-order valence-electron chi connectivity index (χ1n) is 7.12. The molecule has 1 N–H and O–H groups in total. The summed E-state index contributed by atoms with van der Waals surface area (Å²) in [5.74, 6) is 0.0289. The van der Waals surface area contributed by atoms with E-state index in [9.17, 15) is 9.90 Å². The molecular formula is C16H18ClNO2. The summed E-state index contributed by atoms with van der Waals surface area (Å²) >= 11 is 5.86. The van der Waals surface area contributed by atoms with Crippen LogP contribution in [0.1, 0.15) is 31.2 Å². The lowest BCUT2D eigenvalue weighted by Gasteiger charge is -2.22. The summed E-state index contributed by atoms with van der Waals surface area (Å²) in [7, 11) is 0. The normalized spacial score (nSPS) is 22.4. The Morgan fingerprint density at radius 3 is 2.60 bits per heavy atom. The number of carbonyl (C=O) groups is 1. The molecule has 106 valence electrons. The summed E-state index contributed by atoms with van der Waals surface area (Å²) in [6.07, 6.45) is 3.85. The Bertz CT molecular complexity index is 550. The molecule has 0 radical (unpaired) electrons. The molecule has 1 amide bonds. The van der Waals surface area contributed by atoms with Gasteiger partial charge in [0.2, 0.25) is 0 Å². The van der Waals surface area contributed by atoms with Gasteiger partial charge in [-0.05, 0) is 55.4 Å². The maximum Gasteiger partial charge on any atom is 0.252 e. The van der Waals surface area contributed by atoms with Gasteiger partial charge in [-0.1, -0.05) is 23.7 Å². The standard InChI is InChI=1S/C16H18ClNO2/c17-12-7-5-11(6-8-12)9-10-18-15(19)13-3-1-2-4-14(13)16(18)20/h5-8,15,19H,1-4,9-10H2. The molecule has 3 rings (SSSR count). The Balaban J connectivity index is 1.67. The number of aliphatic hydroxyl groups excluding tert-OH is 1. The van der Waals surface area contributed by atoms with Gasteiger partial charge in [-0.15, -0.1) is 0 Å². The zero-order valence-corrected chi connectivity index (χ0v) is 12.1. The monoisotopic (exact) mass is 291 g/mol. The second-order valence-electron chi connectivity index (χ2n) is 5.46. The maximum atomic E-state index is 12.3. The molecular weight excluding hydrogens is 274 g/mol. The van der Waals surface area contributed by atoms with E-state index < -0.39 is 6.23 Å². The molecule has 1 aromatic rings. The molecule has 20 heavy (non-hydrogen) atoms. The molecule has 0 spiro atoms. The molecule has 0 bridgehead atoms. The fraction of sp³-hybridized carbons (Fsp3) is 0.438. The van der Waals surface area contributed by atoms with Crippen molar-refractivity contribution in [2.45, 2.75) is 38.3 Å². The first-order chi connectivity index (χ1) is 9.66. The van der Waals surface area contributed by atoms with Crippen molar-refractivity contribution in [3.63, 3.8) is 0 Å². The number of nitrogens with zero attached hydrogens (tertiary/aromatic N) is 1. The fourth-order valence-corrected chi connectivity index (χ4v) is 3.18. The molecule has 1 aliphatic heterocycles. The summed E-state index contributed by atoms with van der Waals surface area (Å²) in [5, 5.41) is 11.0. The highest BCUT2D eigenvalue weighted by atomic mass is 35.5. The van der Waals surface area contributed by atoms with E-state index in [0.29, 0.717) is 11.6 Å². The van der Waals surface area contributed by atoms with Crippen LogP contribution >= 0.6 is 11.6 Å². The van der Waals surface area contributed by atoms with Crippen molar-refractivity contribution >= 4 is 17.5 Å². The highest BCUT2D eigenvalue weighted by Gasteiger charge is 2.38. The second kappa shape index (κ2) is 5.58. The molecule has 1 heterocycles. The van der Waals surface area contributed by atoms with Crippen LogP contribution in [0.15, 0.2) is 35.4 Å². The van der Waals surface area contributed by atoms with E-state index in [2.05, 4.69) is 0 Å². The van der Waals surface area contributed by atoms with E-state index in [-0.39, 0.29) is 5.91 Å². The average Bonchev–Trinajstić information content (AvgIpc) is 2.71. The van der Waals surface area contributed by atoms with Crippen molar-refractivity contribution in [3.05, 3.63) is 46.0 Å². The maximum absolute atomic E-state index is 12.3. The SMILES string of the molecule is O=C1C2=C(CCCC2)C(O)N1CCc1ccc(Cl)cc1. The molecule has 2 aliphatic rings. The number of carbonyl (C=O) groups excluding carboxylic acids is 1. The lowest BCUT2D eigenvalue weighted by Crippen LogP contribution is -2.37. The Kier molecular flexibility index (Phi) is 3.81. The van der Waals surface area contributed by atoms with Gasteiger partial charge in [-0.25, -0.2) is 0 Å². The number of hydrogen-bond donors (Lipinski definition) is 1. The van der Waals surface area contributed by atoms with Crippen molar-refractivity contribution in [2.75, 3.05) is 6.54 Å². The third-order valence-electron chi connectivity index (χ3n) is 4.19. The van der Waals surface area contributed by atoms with Crippen molar-refractivity contribution < 1.29 is 9.90 Å². The number of benzene rings is 1. The van der Waals surface area contributed by atoms with Gasteiger partial charge in [-0.3, -0.25) is 4.79 Å². The number of hydrogen-bond acceptors (Lipinski definition) is 2. The highest BCUT2D eigenvalue weighted by Crippen LogP contribution is 2.35. The van der Waals surface area contributed by atoms with Crippen molar-refractivity contribution in [1.82, 2.24) is 4.90 Å². The zero-order valence-electron chi connectivity index (χ0n) is 11.3. The first-order valence-corrected chi connectivity index (χ1v) is 7.50. The van der Waals surface area contributed by atoms with Crippen molar-refractivity contribution in [2.24, 2.45) is 0 Å². The van der Waals surface area contributed by atoms with Crippen LogP contribution in [0.3, 0.4) is 0 Å². The molecule has 0 saturated carbocycles. The smallest absolute Gasteiger partial charge is 0.252 e. The average molecular weight is 292 g/mol. The predicted octanol–water partition coefficient (Wildman–Crippen LogP) is 2.91. The number of aliphatic hydroxyl groups is 1. The molecule has 1 unspecified atom stereocenters. The predicted molar refractivity (Wildman–Crippen MR) is 78.4 cm³/mol. The van der Waals surface area contributed by atoms with Crippen LogP contribution in [0.4, 0.5) is 0 Å². The van der Waals surface area contributed by atoms with Crippen molar-refractivity contribution in [1.29, 1.82) is 0 Å². The van der Waals surface area contributed by atoms with Gasteiger partial charge in [0, 0.05) is 17.1 Å². The number of halogens is 1. The van der Waals surface area contributed by atoms with E-state index in [1.54, 1.807) is 4.90 Å². The van der Waals surface area contributed by atoms with Gasteiger partial charge in [0.05, 0.1) is 0 Å². The molecule has 1 aromatic carbocycles. The fourth-order valence-electron chi connectivity index (χ4n) is 3.05. The Labute approximate surface area is 123 Å². The van der Waals surface area contributed by atoms with Gasteiger partial charge in [0.1, 0.15) is 0 Å². The molecule has 1 aliphatic carbocycles. The van der Waals surface area contributed by atoms with Gasteiger partial charge in [0.15, 0.2) is 6.23 Å². The number of rotatable bonds is 3. The van der Waals surface area contributed by atoms with Gasteiger partial charge >= 0.3 is 0 Å². The summed E-state index contributed by atoms with van der Waals surface area (Å²) in [5.41, 5.74) is 2.94.